The number of hydrogen-bond acceptors (Lipinski definition) is 4. The lowest BCUT2D eigenvalue weighted by molar-refractivity contribution is -0.127. The second-order valence-electron chi connectivity index (χ2n) is 4.38. The zero-order valence-corrected chi connectivity index (χ0v) is 9.93. The minimum Gasteiger partial charge on any atom is -0.468 e. The number of hydrogen-bond donors (Lipinski definition) is 2. The molecule has 1 amide bonds. The molecule has 0 spiro atoms. The minimum absolute atomic E-state index is 0.108. The quantitative estimate of drug-likeness (QED) is 0.797. The lowest BCUT2D eigenvalue weighted by Gasteiger charge is -2.30. The van der Waals surface area contributed by atoms with Gasteiger partial charge in [0.2, 0.25) is 5.91 Å². The monoisotopic (exact) mass is 238 g/mol. The van der Waals surface area contributed by atoms with Crippen molar-refractivity contribution in [3.8, 4) is 0 Å². The van der Waals surface area contributed by atoms with Gasteiger partial charge in [-0.15, -0.1) is 0 Å². The lowest BCUT2D eigenvalue weighted by atomic mass is 10.1. The lowest BCUT2D eigenvalue weighted by Crippen LogP contribution is -2.48. The molecule has 1 aliphatic rings. The van der Waals surface area contributed by atoms with Crippen LogP contribution in [0, 0.1) is 0 Å². The normalized spacial score (nSPS) is 26.6. The number of carbonyl (C=O) groups excluding carboxylic acids is 1. The van der Waals surface area contributed by atoms with E-state index in [4.69, 9.17) is 4.42 Å². The summed E-state index contributed by atoms with van der Waals surface area (Å²) in [6.45, 7) is 3.10. The average molecular weight is 238 g/mol. The molecule has 2 rings (SSSR count). The Labute approximate surface area is 100 Å². The van der Waals surface area contributed by atoms with Crippen LogP contribution in [0.3, 0.4) is 0 Å². The van der Waals surface area contributed by atoms with E-state index >= 15 is 0 Å². The first-order valence-electron chi connectivity index (χ1n) is 5.89. The molecule has 2 unspecified atom stereocenters. The van der Waals surface area contributed by atoms with Crippen molar-refractivity contribution in [3.05, 3.63) is 24.2 Å². The number of rotatable bonds is 3. The summed E-state index contributed by atoms with van der Waals surface area (Å²) in [7, 11) is 0. The highest BCUT2D eigenvalue weighted by Crippen LogP contribution is 2.17. The zero-order valence-electron chi connectivity index (χ0n) is 9.93. The average Bonchev–Trinajstić information content (AvgIpc) is 2.76. The standard InChI is InChI=1S/C12H18N2O3/c1-9-4-5-13-12(16)11(8-15)14(9)7-10-3-2-6-17-10/h2-3,6,9,11,15H,4-5,7-8H2,1H3,(H,13,16). The van der Waals surface area contributed by atoms with Gasteiger partial charge in [-0.25, -0.2) is 0 Å². The number of amides is 1. The minimum atomic E-state index is -0.488. The molecular formula is C12H18N2O3. The predicted octanol–water partition coefficient (Wildman–Crippen LogP) is 0.351. The molecule has 1 aromatic rings. The molecule has 2 heterocycles. The summed E-state index contributed by atoms with van der Waals surface area (Å²) in [5, 5.41) is 12.2. The third-order valence-electron chi connectivity index (χ3n) is 3.22. The first kappa shape index (κ1) is 12.1. The van der Waals surface area contributed by atoms with Crippen LogP contribution >= 0.6 is 0 Å². The first-order chi connectivity index (χ1) is 8.22. The van der Waals surface area contributed by atoms with Crippen LogP contribution in [0.25, 0.3) is 0 Å². The van der Waals surface area contributed by atoms with Gasteiger partial charge in [-0.1, -0.05) is 0 Å². The van der Waals surface area contributed by atoms with E-state index in [9.17, 15) is 9.90 Å². The Balaban J connectivity index is 2.15. The van der Waals surface area contributed by atoms with Crippen LogP contribution in [-0.2, 0) is 11.3 Å². The zero-order chi connectivity index (χ0) is 12.3. The Kier molecular flexibility index (Phi) is 3.81. The van der Waals surface area contributed by atoms with Crippen LogP contribution in [0.1, 0.15) is 19.1 Å². The molecule has 1 aliphatic heterocycles. The van der Waals surface area contributed by atoms with Gasteiger partial charge < -0.3 is 14.8 Å². The maximum Gasteiger partial charge on any atom is 0.239 e. The highest BCUT2D eigenvalue weighted by Gasteiger charge is 2.31. The smallest absolute Gasteiger partial charge is 0.239 e. The summed E-state index contributed by atoms with van der Waals surface area (Å²) in [5.74, 6) is 0.702. The number of aliphatic hydroxyl groups excluding tert-OH is 1. The maximum absolute atomic E-state index is 11.8. The first-order valence-corrected chi connectivity index (χ1v) is 5.89. The van der Waals surface area contributed by atoms with Gasteiger partial charge in [-0.05, 0) is 25.5 Å². The predicted molar refractivity (Wildman–Crippen MR) is 62.2 cm³/mol. The van der Waals surface area contributed by atoms with Crippen molar-refractivity contribution < 1.29 is 14.3 Å². The van der Waals surface area contributed by atoms with E-state index in [0.717, 1.165) is 12.2 Å². The second kappa shape index (κ2) is 5.33. The molecule has 2 N–H and O–H groups in total. The van der Waals surface area contributed by atoms with Crippen molar-refractivity contribution in [2.75, 3.05) is 13.2 Å². The molecular weight excluding hydrogens is 220 g/mol. The molecule has 17 heavy (non-hydrogen) atoms. The van der Waals surface area contributed by atoms with Crippen molar-refractivity contribution in [1.82, 2.24) is 10.2 Å². The van der Waals surface area contributed by atoms with Gasteiger partial charge in [-0.2, -0.15) is 0 Å². The van der Waals surface area contributed by atoms with Gasteiger partial charge in [0, 0.05) is 12.6 Å². The van der Waals surface area contributed by atoms with E-state index < -0.39 is 6.04 Å². The summed E-state index contributed by atoms with van der Waals surface area (Å²) < 4.78 is 5.30. The van der Waals surface area contributed by atoms with Gasteiger partial charge in [0.25, 0.3) is 0 Å². The van der Waals surface area contributed by atoms with Crippen LogP contribution in [0.15, 0.2) is 22.8 Å². The third kappa shape index (κ3) is 2.68. The Morgan fingerprint density at radius 1 is 1.65 bits per heavy atom. The highest BCUT2D eigenvalue weighted by molar-refractivity contribution is 5.82. The molecule has 0 bridgehead atoms. The number of aliphatic hydroxyl groups is 1. The third-order valence-corrected chi connectivity index (χ3v) is 3.22. The molecule has 1 fully saturated rings. The molecule has 0 aromatic carbocycles. The summed E-state index contributed by atoms with van der Waals surface area (Å²) in [4.78, 5) is 13.8. The Morgan fingerprint density at radius 2 is 2.47 bits per heavy atom. The van der Waals surface area contributed by atoms with Crippen molar-refractivity contribution in [1.29, 1.82) is 0 Å². The molecule has 1 saturated heterocycles. The number of nitrogens with zero attached hydrogens (tertiary/aromatic N) is 1. The fourth-order valence-electron chi connectivity index (χ4n) is 2.18. The van der Waals surface area contributed by atoms with E-state index in [1.807, 2.05) is 17.0 Å². The van der Waals surface area contributed by atoms with E-state index in [2.05, 4.69) is 12.2 Å². The van der Waals surface area contributed by atoms with Gasteiger partial charge in [-0.3, -0.25) is 9.69 Å². The van der Waals surface area contributed by atoms with E-state index in [0.29, 0.717) is 13.1 Å². The molecule has 0 saturated carbocycles. The van der Waals surface area contributed by atoms with Gasteiger partial charge in [0.1, 0.15) is 11.8 Å². The fraction of sp³-hybridized carbons (Fsp3) is 0.583. The Morgan fingerprint density at radius 3 is 3.12 bits per heavy atom. The second-order valence-corrected chi connectivity index (χ2v) is 4.38. The number of furan rings is 1. The number of nitrogens with one attached hydrogen (secondary N) is 1. The van der Waals surface area contributed by atoms with Crippen LogP contribution < -0.4 is 5.32 Å². The maximum atomic E-state index is 11.8. The molecule has 5 heteroatoms. The number of carbonyl (C=O) groups is 1. The molecule has 94 valence electrons. The topological polar surface area (TPSA) is 65.7 Å². The van der Waals surface area contributed by atoms with Crippen LogP contribution in [0.2, 0.25) is 0 Å². The Hall–Kier alpha value is -1.33. The Bertz CT molecular complexity index is 364. The largest absolute Gasteiger partial charge is 0.468 e. The molecule has 0 radical (unpaired) electrons. The molecule has 5 nitrogen and oxygen atoms in total. The summed E-state index contributed by atoms with van der Waals surface area (Å²) in [6, 6.07) is 3.45. The molecule has 1 aromatic heterocycles. The van der Waals surface area contributed by atoms with Gasteiger partial charge in [0.05, 0.1) is 19.4 Å². The van der Waals surface area contributed by atoms with Gasteiger partial charge >= 0.3 is 0 Å². The van der Waals surface area contributed by atoms with Crippen molar-refractivity contribution >= 4 is 5.91 Å². The summed E-state index contributed by atoms with van der Waals surface area (Å²) >= 11 is 0. The van der Waals surface area contributed by atoms with Crippen LogP contribution in [0.5, 0.6) is 0 Å². The van der Waals surface area contributed by atoms with Crippen molar-refractivity contribution in [2.45, 2.75) is 32.0 Å². The summed E-state index contributed by atoms with van der Waals surface area (Å²) in [6.07, 6.45) is 2.49. The van der Waals surface area contributed by atoms with E-state index in [1.54, 1.807) is 6.26 Å². The summed E-state index contributed by atoms with van der Waals surface area (Å²) in [5.41, 5.74) is 0. The highest BCUT2D eigenvalue weighted by atomic mass is 16.3. The van der Waals surface area contributed by atoms with Crippen molar-refractivity contribution in [3.63, 3.8) is 0 Å². The van der Waals surface area contributed by atoms with Crippen LogP contribution in [0.4, 0.5) is 0 Å². The SMILES string of the molecule is CC1CCNC(=O)C(CO)N1Cc1ccco1. The molecule has 0 aliphatic carbocycles. The van der Waals surface area contributed by atoms with Crippen molar-refractivity contribution in [2.24, 2.45) is 0 Å². The fourth-order valence-corrected chi connectivity index (χ4v) is 2.18. The van der Waals surface area contributed by atoms with E-state index in [1.165, 1.54) is 0 Å². The molecule has 2 atom stereocenters. The van der Waals surface area contributed by atoms with Gasteiger partial charge in [0.15, 0.2) is 0 Å². The van der Waals surface area contributed by atoms with Crippen LogP contribution in [-0.4, -0.2) is 41.1 Å². The van der Waals surface area contributed by atoms with E-state index in [-0.39, 0.29) is 18.6 Å².